The highest BCUT2D eigenvalue weighted by Crippen LogP contribution is 2.50. The molecule has 0 spiro atoms. The summed E-state index contributed by atoms with van der Waals surface area (Å²) in [5.74, 6) is 0.0644. The lowest BCUT2D eigenvalue weighted by Gasteiger charge is -2.14. The number of amides is 1. The number of benzene rings is 2. The SMILES string of the molecule is O=C(Nc1ccccc1)C1(SC2=NN=C(c3ccccc3)C2)CC1. The summed E-state index contributed by atoms with van der Waals surface area (Å²) in [4.78, 5) is 12.6. The van der Waals surface area contributed by atoms with Crippen LogP contribution in [0.5, 0.6) is 0 Å². The number of nitrogens with zero attached hydrogens (tertiary/aromatic N) is 2. The Balaban J connectivity index is 1.39. The molecule has 0 saturated heterocycles. The molecule has 24 heavy (non-hydrogen) atoms. The molecule has 0 radical (unpaired) electrons. The summed E-state index contributed by atoms with van der Waals surface area (Å²) in [6, 6.07) is 19.7. The zero-order valence-corrected chi connectivity index (χ0v) is 13.9. The van der Waals surface area contributed by atoms with Crippen LogP contribution in [0.15, 0.2) is 70.9 Å². The second kappa shape index (κ2) is 6.24. The third-order valence-corrected chi connectivity index (χ3v) is 5.62. The molecule has 1 heterocycles. The Morgan fingerprint density at radius 1 is 0.958 bits per heavy atom. The van der Waals surface area contributed by atoms with Gasteiger partial charge in [-0.15, -0.1) is 5.10 Å². The third kappa shape index (κ3) is 3.12. The summed E-state index contributed by atoms with van der Waals surface area (Å²) in [6.45, 7) is 0. The molecular weight excluding hydrogens is 318 g/mol. The van der Waals surface area contributed by atoms with Crippen molar-refractivity contribution >= 4 is 34.1 Å². The molecule has 1 fully saturated rings. The van der Waals surface area contributed by atoms with E-state index in [1.165, 1.54) is 0 Å². The molecule has 5 heteroatoms. The molecular formula is C19H17N3OS. The van der Waals surface area contributed by atoms with Crippen LogP contribution in [0, 0.1) is 0 Å². The second-order valence-corrected chi connectivity index (χ2v) is 7.46. The first-order valence-corrected chi connectivity index (χ1v) is 8.81. The highest BCUT2D eigenvalue weighted by molar-refractivity contribution is 8.16. The number of hydrogen-bond donors (Lipinski definition) is 1. The maximum absolute atomic E-state index is 12.6. The Morgan fingerprint density at radius 2 is 1.62 bits per heavy atom. The zero-order valence-electron chi connectivity index (χ0n) is 13.1. The first-order valence-electron chi connectivity index (χ1n) is 8.00. The van der Waals surface area contributed by atoms with E-state index >= 15 is 0 Å². The van der Waals surface area contributed by atoms with Crippen LogP contribution in [0.25, 0.3) is 0 Å². The van der Waals surface area contributed by atoms with Crippen molar-refractivity contribution in [3.63, 3.8) is 0 Å². The predicted molar refractivity (Wildman–Crippen MR) is 99.7 cm³/mol. The summed E-state index contributed by atoms with van der Waals surface area (Å²) in [7, 11) is 0. The van der Waals surface area contributed by atoms with Gasteiger partial charge in [-0.2, -0.15) is 5.10 Å². The fourth-order valence-corrected chi connectivity index (χ4v) is 3.85. The lowest BCUT2D eigenvalue weighted by molar-refractivity contribution is -0.116. The first-order chi connectivity index (χ1) is 11.8. The topological polar surface area (TPSA) is 53.8 Å². The quantitative estimate of drug-likeness (QED) is 0.914. The molecule has 1 amide bonds. The maximum atomic E-state index is 12.6. The fourth-order valence-electron chi connectivity index (χ4n) is 2.66. The minimum absolute atomic E-state index is 0.0644. The van der Waals surface area contributed by atoms with Gasteiger partial charge in [0.15, 0.2) is 0 Å². The molecule has 0 atom stereocenters. The van der Waals surface area contributed by atoms with Gasteiger partial charge in [0, 0.05) is 12.1 Å². The lowest BCUT2D eigenvalue weighted by atomic mass is 10.1. The van der Waals surface area contributed by atoms with E-state index in [-0.39, 0.29) is 10.7 Å². The van der Waals surface area contributed by atoms with Gasteiger partial charge in [0.05, 0.1) is 5.71 Å². The number of carbonyl (C=O) groups excluding carboxylic acids is 1. The van der Waals surface area contributed by atoms with E-state index in [2.05, 4.69) is 15.5 Å². The van der Waals surface area contributed by atoms with Gasteiger partial charge < -0.3 is 5.32 Å². The maximum Gasteiger partial charge on any atom is 0.241 e. The van der Waals surface area contributed by atoms with E-state index in [0.29, 0.717) is 6.42 Å². The monoisotopic (exact) mass is 335 g/mol. The van der Waals surface area contributed by atoms with Crippen LogP contribution >= 0.6 is 11.8 Å². The fraction of sp³-hybridized carbons (Fsp3) is 0.211. The van der Waals surface area contributed by atoms with E-state index < -0.39 is 0 Å². The molecule has 2 aromatic carbocycles. The second-order valence-electron chi connectivity index (χ2n) is 6.00. The van der Waals surface area contributed by atoms with Crippen molar-refractivity contribution in [2.45, 2.75) is 24.0 Å². The zero-order chi connectivity index (χ0) is 16.4. The third-order valence-electron chi connectivity index (χ3n) is 4.17. The number of rotatable bonds is 4. The van der Waals surface area contributed by atoms with Gasteiger partial charge in [0.2, 0.25) is 5.91 Å². The number of thioether (sulfide) groups is 1. The molecule has 1 saturated carbocycles. The van der Waals surface area contributed by atoms with Gasteiger partial charge in [-0.05, 0) is 30.5 Å². The normalized spacial score (nSPS) is 17.8. The van der Waals surface area contributed by atoms with Crippen LogP contribution < -0.4 is 5.32 Å². The van der Waals surface area contributed by atoms with Crippen molar-refractivity contribution in [2.75, 3.05) is 5.32 Å². The minimum atomic E-state index is -0.379. The summed E-state index contributed by atoms with van der Waals surface area (Å²) in [5.41, 5.74) is 2.90. The van der Waals surface area contributed by atoms with Crippen LogP contribution in [-0.4, -0.2) is 21.4 Å². The van der Waals surface area contributed by atoms with Gasteiger partial charge in [-0.1, -0.05) is 60.3 Å². The van der Waals surface area contributed by atoms with Gasteiger partial charge >= 0.3 is 0 Å². The molecule has 1 N–H and O–H groups in total. The van der Waals surface area contributed by atoms with Crippen molar-refractivity contribution in [2.24, 2.45) is 10.2 Å². The van der Waals surface area contributed by atoms with Gasteiger partial charge in [-0.3, -0.25) is 4.79 Å². The van der Waals surface area contributed by atoms with Crippen LogP contribution in [0.1, 0.15) is 24.8 Å². The van der Waals surface area contributed by atoms with Crippen molar-refractivity contribution in [1.29, 1.82) is 0 Å². The lowest BCUT2D eigenvalue weighted by Crippen LogP contribution is -2.28. The molecule has 2 aromatic rings. The minimum Gasteiger partial charge on any atom is -0.325 e. The molecule has 1 aliphatic carbocycles. The highest BCUT2D eigenvalue weighted by atomic mass is 32.2. The molecule has 0 unspecified atom stereocenters. The number of nitrogens with one attached hydrogen (secondary N) is 1. The molecule has 0 aromatic heterocycles. The molecule has 1 aliphatic heterocycles. The van der Waals surface area contributed by atoms with Gasteiger partial charge in [0.1, 0.15) is 9.79 Å². The van der Waals surface area contributed by atoms with Crippen molar-refractivity contribution in [1.82, 2.24) is 0 Å². The van der Waals surface area contributed by atoms with Gasteiger partial charge in [-0.25, -0.2) is 0 Å². The molecule has 4 rings (SSSR count). The summed E-state index contributed by atoms with van der Waals surface area (Å²) in [5, 5.41) is 12.5. The number of hydrogen-bond acceptors (Lipinski definition) is 4. The highest BCUT2D eigenvalue weighted by Gasteiger charge is 2.52. The van der Waals surface area contributed by atoms with Crippen LogP contribution in [0.3, 0.4) is 0 Å². The average molecular weight is 335 g/mol. The first kappa shape index (κ1) is 15.1. The molecule has 120 valence electrons. The molecule has 0 bridgehead atoms. The smallest absolute Gasteiger partial charge is 0.241 e. The van der Waals surface area contributed by atoms with Crippen LogP contribution in [0.2, 0.25) is 0 Å². The van der Waals surface area contributed by atoms with Crippen molar-refractivity contribution in [3.05, 3.63) is 66.2 Å². The van der Waals surface area contributed by atoms with Crippen LogP contribution in [-0.2, 0) is 4.79 Å². The summed E-state index contributed by atoms with van der Waals surface area (Å²) >= 11 is 1.57. The van der Waals surface area contributed by atoms with Crippen LogP contribution in [0.4, 0.5) is 5.69 Å². The standard InChI is InChI=1S/C19H17N3OS/c23-18(20-15-9-5-2-6-10-15)19(11-12-19)24-17-13-16(21-22-17)14-7-3-1-4-8-14/h1-10H,11-13H2,(H,20,23). The molecule has 4 nitrogen and oxygen atoms in total. The van der Waals surface area contributed by atoms with E-state index in [1.54, 1.807) is 11.8 Å². The number of anilines is 1. The van der Waals surface area contributed by atoms with E-state index in [1.807, 2.05) is 60.7 Å². The number of para-hydroxylation sites is 1. The van der Waals surface area contributed by atoms with Crippen molar-refractivity contribution < 1.29 is 4.79 Å². The summed E-state index contributed by atoms with van der Waals surface area (Å²) in [6.07, 6.45) is 2.47. The Morgan fingerprint density at radius 3 is 2.29 bits per heavy atom. The Hall–Kier alpha value is -2.40. The predicted octanol–water partition coefficient (Wildman–Crippen LogP) is 4.10. The average Bonchev–Trinajstić information content (AvgIpc) is 3.26. The van der Waals surface area contributed by atoms with Gasteiger partial charge in [0.25, 0.3) is 0 Å². The molecule has 2 aliphatic rings. The van der Waals surface area contributed by atoms with E-state index in [4.69, 9.17) is 0 Å². The Bertz CT molecular complexity index is 811. The Kier molecular flexibility index (Phi) is 3.94. The van der Waals surface area contributed by atoms with E-state index in [0.717, 1.165) is 34.8 Å². The van der Waals surface area contributed by atoms with E-state index in [9.17, 15) is 4.79 Å². The largest absolute Gasteiger partial charge is 0.325 e. The van der Waals surface area contributed by atoms with Crippen molar-refractivity contribution in [3.8, 4) is 0 Å². The number of carbonyl (C=O) groups is 1. The summed E-state index contributed by atoms with van der Waals surface area (Å²) < 4.78 is -0.379. The Labute approximate surface area is 145 Å².